The predicted octanol–water partition coefficient (Wildman–Crippen LogP) is 0.562. The Morgan fingerprint density at radius 1 is 1.35 bits per heavy atom. The van der Waals surface area contributed by atoms with E-state index in [1.165, 1.54) is 0 Å². The summed E-state index contributed by atoms with van der Waals surface area (Å²) in [5.74, 6) is 0.575. The zero-order valence-electron chi connectivity index (χ0n) is 15.4. The maximum absolute atomic E-state index is 11.9. The van der Waals surface area contributed by atoms with Crippen LogP contribution in [0, 0.1) is 0 Å². The molecule has 1 aromatic rings. The third-order valence-electron chi connectivity index (χ3n) is 3.94. The van der Waals surface area contributed by atoms with Crippen LogP contribution < -0.4 is 16.0 Å². The first-order valence-electron chi connectivity index (χ1n) is 9.11. The summed E-state index contributed by atoms with van der Waals surface area (Å²) in [4.78, 5) is 20.0. The average molecular weight is 363 g/mol. The minimum absolute atomic E-state index is 0.133. The van der Waals surface area contributed by atoms with Crippen LogP contribution in [0.15, 0.2) is 29.5 Å². The molecule has 0 aliphatic carbocycles. The predicted molar refractivity (Wildman–Crippen MR) is 100 cm³/mol. The molecule has 0 bridgehead atoms. The highest BCUT2D eigenvalue weighted by Gasteiger charge is 2.14. The Bertz CT molecular complexity index is 547. The number of aromatic nitrogens is 1. The normalized spacial score (nSPS) is 17.1. The molecule has 26 heavy (non-hydrogen) atoms. The molecule has 1 amide bonds. The van der Waals surface area contributed by atoms with E-state index >= 15 is 0 Å². The van der Waals surface area contributed by atoms with E-state index in [2.05, 4.69) is 25.9 Å². The number of hydrogen-bond acceptors (Lipinski definition) is 5. The molecule has 1 aromatic heterocycles. The van der Waals surface area contributed by atoms with Crippen molar-refractivity contribution in [3.05, 3.63) is 30.1 Å². The first-order valence-corrected chi connectivity index (χ1v) is 9.11. The number of amides is 1. The van der Waals surface area contributed by atoms with Gasteiger partial charge in [-0.15, -0.1) is 0 Å². The topological polar surface area (TPSA) is 96.9 Å². The smallest absolute Gasteiger partial charge is 0.252 e. The van der Waals surface area contributed by atoms with Crippen LogP contribution in [0.4, 0.5) is 0 Å². The van der Waals surface area contributed by atoms with E-state index in [4.69, 9.17) is 9.47 Å². The molecule has 1 aliphatic heterocycles. The molecule has 1 unspecified atom stereocenters. The van der Waals surface area contributed by atoms with Crippen molar-refractivity contribution in [3.8, 4) is 0 Å². The van der Waals surface area contributed by atoms with E-state index in [1.807, 2.05) is 0 Å². The van der Waals surface area contributed by atoms with Crippen molar-refractivity contribution in [3.63, 3.8) is 0 Å². The number of hydrogen-bond donors (Lipinski definition) is 3. The zero-order valence-corrected chi connectivity index (χ0v) is 15.4. The molecule has 8 nitrogen and oxygen atoms in total. The monoisotopic (exact) mass is 363 g/mol. The Hall–Kier alpha value is -2.19. The largest absolute Gasteiger partial charge is 0.379 e. The quantitative estimate of drug-likeness (QED) is 0.319. The van der Waals surface area contributed by atoms with Gasteiger partial charge < -0.3 is 25.4 Å². The third-order valence-corrected chi connectivity index (χ3v) is 3.94. The lowest BCUT2D eigenvalue weighted by molar-refractivity contribution is 0.0168. The van der Waals surface area contributed by atoms with Crippen molar-refractivity contribution in [2.24, 2.45) is 4.99 Å². The summed E-state index contributed by atoms with van der Waals surface area (Å²) in [6, 6.07) is 3.47. The summed E-state index contributed by atoms with van der Waals surface area (Å²) < 4.78 is 11.1. The number of carbonyl (C=O) groups excluding carboxylic acids is 1. The van der Waals surface area contributed by atoms with E-state index in [-0.39, 0.29) is 12.0 Å². The van der Waals surface area contributed by atoms with Gasteiger partial charge in [-0.1, -0.05) is 0 Å². The van der Waals surface area contributed by atoms with Crippen LogP contribution in [0.3, 0.4) is 0 Å². The van der Waals surface area contributed by atoms with Gasteiger partial charge in [0.2, 0.25) is 0 Å². The fourth-order valence-corrected chi connectivity index (χ4v) is 2.55. The van der Waals surface area contributed by atoms with Crippen molar-refractivity contribution >= 4 is 11.9 Å². The van der Waals surface area contributed by atoms with Crippen molar-refractivity contribution in [2.45, 2.75) is 25.4 Å². The van der Waals surface area contributed by atoms with Gasteiger partial charge >= 0.3 is 0 Å². The number of carbonyl (C=O) groups is 1. The summed E-state index contributed by atoms with van der Waals surface area (Å²) in [6.45, 7) is 4.10. The Morgan fingerprint density at radius 2 is 2.19 bits per heavy atom. The van der Waals surface area contributed by atoms with Gasteiger partial charge in [-0.25, -0.2) is 0 Å². The number of pyridine rings is 1. The highest BCUT2D eigenvalue weighted by Crippen LogP contribution is 2.11. The van der Waals surface area contributed by atoms with Crippen molar-refractivity contribution < 1.29 is 14.3 Å². The zero-order chi connectivity index (χ0) is 18.5. The van der Waals surface area contributed by atoms with E-state index in [0.717, 1.165) is 32.4 Å². The molecule has 1 aliphatic rings. The molecule has 3 N–H and O–H groups in total. The minimum atomic E-state index is -0.133. The molecular formula is C18H29N5O3. The summed E-state index contributed by atoms with van der Waals surface area (Å²) >= 11 is 0. The Kier molecular flexibility index (Phi) is 9.45. The number of nitrogens with zero attached hydrogens (tertiary/aromatic N) is 2. The number of nitrogens with one attached hydrogen (secondary N) is 3. The minimum Gasteiger partial charge on any atom is -0.379 e. The van der Waals surface area contributed by atoms with Gasteiger partial charge in [-0.3, -0.25) is 14.8 Å². The van der Waals surface area contributed by atoms with Gasteiger partial charge in [0.1, 0.15) is 0 Å². The third kappa shape index (κ3) is 7.79. The Morgan fingerprint density at radius 3 is 2.92 bits per heavy atom. The highest BCUT2D eigenvalue weighted by atomic mass is 16.5. The summed E-state index contributed by atoms with van der Waals surface area (Å²) in [7, 11) is 1.72. The van der Waals surface area contributed by atoms with Crippen LogP contribution in [0.25, 0.3) is 0 Å². The van der Waals surface area contributed by atoms with E-state index in [1.54, 1.807) is 31.6 Å². The maximum Gasteiger partial charge on any atom is 0.252 e. The average Bonchev–Trinajstić information content (AvgIpc) is 3.20. The SMILES string of the molecule is CN=C(NCCCOCC1CCCO1)NCCNC(=O)c1cccnc1. The van der Waals surface area contributed by atoms with Crippen LogP contribution in [0.5, 0.6) is 0 Å². The lowest BCUT2D eigenvalue weighted by Crippen LogP contribution is -2.42. The number of guanidine groups is 1. The molecule has 1 atom stereocenters. The second-order valence-electron chi connectivity index (χ2n) is 5.99. The maximum atomic E-state index is 11.9. The van der Waals surface area contributed by atoms with Gasteiger partial charge in [0.15, 0.2) is 5.96 Å². The second kappa shape index (κ2) is 12.2. The fourth-order valence-electron chi connectivity index (χ4n) is 2.55. The molecule has 0 spiro atoms. The van der Waals surface area contributed by atoms with Gasteiger partial charge in [0, 0.05) is 52.3 Å². The van der Waals surface area contributed by atoms with Gasteiger partial charge in [-0.05, 0) is 31.4 Å². The summed E-state index contributed by atoms with van der Waals surface area (Å²) in [5, 5.41) is 9.22. The van der Waals surface area contributed by atoms with Crippen LogP contribution in [0.2, 0.25) is 0 Å². The molecular weight excluding hydrogens is 334 g/mol. The lowest BCUT2D eigenvalue weighted by Gasteiger charge is -2.13. The van der Waals surface area contributed by atoms with Crippen LogP contribution in [-0.2, 0) is 9.47 Å². The molecule has 1 fully saturated rings. The summed E-state index contributed by atoms with van der Waals surface area (Å²) in [5.41, 5.74) is 0.554. The lowest BCUT2D eigenvalue weighted by atomic mass is 10.2. The van der Waals surface area contributed by atoms with Crippen LogP contribution in [0.1, 0.15) is 29.6 Å². The van der Waals surface area contributed by atoms with Crippen molar-refractivity contribution in [1.29, 1.82) is 0 Å². The number of rotatable bonds is 10. The summed E-state index contributed by atoms with van der Waals surface area (Å²) in [6.07, 6.45) is 6.60. The molecule has 144 valence electrons. The molecule has 2 heterocycles. The first kappa shape index (κ1) is 20.1. The molecule has 0 saturated carbocycles. The Labute approximate surface area is 154 Å². The van der Waals surface area contributed by atoms with E-state index < -0.39 is 0 Å². The number of ether oxygens (including phenoxy) is 2. The number of aliphatic imine (C=N–C) groups is 1. The molecule has 0 aromatic carbocycles. The van der Waals surface area contributed by atoms with Crippen LogP contribution >= 0.6 is 0 Å². The molecule has 0 radical (unpaired) electrons. The van der Waals surface area contributed by atoms with E-state index in [9.17, 15) is 4.79 Å². The van der Waals surface area contributed by atoms with E-state index in [0.29, 0.717) is 37.8 Å². The molecule has 1 saturated heterocycles. The van der Waals surface area contributed by atoms with Crippen LogP contribution in [-0.4, -0.2) is 69.5 Å². The standard InChI is InChI=1S/C18H29N5O3/c1-19-18(22-8-4-11-25-14-16-6-3-12-26-16)23-10-9-21-17(24)15-5-2-7-20-13-15/h2,5,7,13,16H,3-4,6,8-12,14H2,1H3,(H,21,24)(H2,19,22,23). The highest BCUT2D eigenvalue weighted by molar-refractivity contribution is 5.93. The molecule has 8 heteroatoms. The fraction of sp³-hybridized carbons (Fsp3) is 0.611. The van der Waals surface area contributed by atoms with Gasteiger partial charge in [-0.2, -0.15) is 0 Å². The molecule has 2 rings (SSSR count). The van der Waals surface area contributed by atoms with Gasteiger partial charge in [0.25, 0.3) is 5.91 Å². The first-order chi connectivity index (χ1) is 12.8. The Balaban J connectivity index is 1.47. The van der Waals surface area contributed by atoms with Crippen molar-refractivity contribution in [1.82, 2.24) is 20.9 Å². The van der Waals surface area contributed by atoms with Gasteiger partial charge in [0.05, 0.1) is 18.3 Å². The van der Waals surface area contributed by atoms with Crippen molar-refractivity contribution in [2.75, 3.05) is 46.5 Å². The second-order valence-corrected chi connectivity index (χ2v) is 5.99.